The maximum Gasteiger partial charge on any atom is 0.164 e. The second-order valence-corrected chi connectivity index (χ2v) is 7.29. The van der Waals surface area contributed by atoms with Crippen molar-refractivity contribution < 1.29 is 14.9 Å². The van der Waals surface area contributed by atoms with Crippen molar-refractivity contribution in [2.75, 3.05) is 5.32 Å². The lowest BCUT2D eigenvalue weighted by Gasteiger charge is -2.17. The second kappa shape index (κ2) is 7.49. The number of nitrogens with zero attached hydrogens (tertiary/aromatic N) is 4. The first-order chi connectivity index (χ1) is 14.6. The van der Waals surface area contributed by atoms with Crippen LogP contribution in [0.2, 0.25) is 0 Å². The van der Waals surface area contributed by atoms with Crippen molar-refractivity contribution in [3.05, 3.63) is 67.3 Å². The summed E-state index contributed by atoms with van der Waals surface area (Å²) in [5, 5.41) is 24.8. The van der Waals surface area contributed by atoms with Crippen molar-refractivity contribution in [2.45, 2.75) is 31.5 Å². The molecule has 3 N–H and O–H groups in total. The van der Waals surface area contributed by atoms with Crippen LogP contribution in [0, 0.1) is 0 Å². The Bertz CT molecular complexity index is 1170. The van der Waals surface area contributed by atoms with E-state index in [2.05, 4.69) is 20.3 Å². The molecule has 1 aromatic carbocycles. The third-order valence-electron chi connectivity index (χ3n) is 5.36. The average Bonchev–Trinajstić information content (AvgIpc) is 3.29. The van der Waals surface area contributed by atoms with Crippen LogP contribution in [0.4, 0.5) is 11.6 Å². The van der Waals surface area contributed by atoms with Crippen LogP contribution in [0.1, 0.15) is 13.2 Å². The quantitative estimate of drug-likeness (QED) is 0.481. The van der Waals surface area contributed by atoms with Gasteiger partial charge in [0.1, 0.15) is 35.8 Å². The molecule has 4 atom stereocenters. The summed E-state index contributed by atoms with van der Waals surface area (Å²) in [4.78, 5) is 13.2. The Hall–Kier alpha value is -3.33. The third kappa shape index (κ3) is 3.11. The van der Waals surface area contributed by atoms with Crippen LogP contribution >= 0.6 is 0 Å². The molecule has 0 unspecified atom stereocenters. The van der Waals surface area contributed by atoms with Crippen LogP contribution in [0.5, 0.6) is 0 Å². The van der Waals surface area contributed by atoms with E-state index in [-0.39, 0.29) is 0 Å². The smallest absolute Gasteiger partial charge is 0.164 e. The van der Waals surface area contributed by atoms with E-state index in [1.807, 2.05) is 54.7 Å². The van der Waals surface area contributed by atoms with Gasteiger partial charge in [-0.2, -0.15) is 0 Å². The van der Waals surface area contributed by atoms with E-state index in [1.54, 1.807) is 17.7 Å². The van der Waals surface area contributed by atoms with Gasteiger partial charge < -0.3 is 24.8 Å². The first-order valence-corrected chi connectivity index (χ1v) is 9.74. The molecule has 8 heteroatoms. The molecule has 0 spiro atoms. The normalized spacial score (nSPS) is 23.7. The summed E-state index contributed by atoms with van der Waals surface area (Å²) in [5.74, 6) is 1.25. The lowest BCUT2D eigenvalue weighted by molar-refractivity contribution is -0.0295. The number of rotatable bonds is 4. The molecule has 152 valence electrons. The van der Waals surface area contributed by atoms with Gasteiger partial charge in [0.15, 0.2) is 6.23 Å². The first-order valence-electron chi connectivity index (χ1n) is 9.74. The largest absolute Gasteiger partial charge is 0.388 e. The number of hydrogen-bond acceptors (Lipinski definition) is 7. The summed E-state index contributed by atoms with van der Waals surface area (Å²) in [6.45, 7) is 1.74. The minimum atomic E-state index is -1.07. The standard InChI is InChI=1S/C22H21N5O3/c1-13-18(28)19(29)22(30-13)27-11-15(14-7-3-2-4-8-14)17-20(24-12-25-21(17)27)26-16-9-5-6-10-23-16/h2-13,18-19,22,28-29H,1H3,(H,23,24,25,26)/t13-,18+,19+,22-/m1/s1. The Labute approximate surface area is 172 Å². The zero-order chi connectivity index (χ0) is 20.7. The summed E-state index contributed by atoms with van der Waals surface area (Å²) < 4.78 is 7.62. The maximum absolute atomic E-state index is 10.6. The highest BCUT2D eigenvalue weighted by molar-refractivity contribution is 6.02. The number of aliphatic hydroxyl groups is 2. The number of benzene rings is 1. The van der Waals surface area contributed by atoms with Crippen molar-refractivity contribution in [3.63, 3.8) is 0 Å². The van der Waals surface area contributed by atoms with Gasteiger partial charge in [0.2, 0.25) is 0 Å². The zero-order valence-electron chi connectivity index (χ0n) is 16.3. The molecule has 1 fully saturated rings. The van der Waals surface area contributed by atoms with Crippen molar-refractivity contribution in [2.24, 2.45) is 0 Å². The fraction of sp³-hybridized carbons (Fsp3) is 0.227. The minimum Gasteiger partial charge on any atom is -0.388 e. The molecule has 1 aliphatic heterocycles. The van der Waals surface area contributed by atoms with Crippen LogP contribution in [0.25, 0.3) is 22.2 Å². The Morgan fingerprint density at radius 2 is 1.77 bits per heavy atom. The molecule has 30 heavy (non-hydrogen) atoms. The summed E-state index contributed by atoms with van der Waals surface area (Å²) >= 11 is 0. The lowest BCUT2D eigenvalue weighted by atomic mass is 10.1. The fourth-order valence-electron chi connectivity index (χ4n) is 3.83. The van der Waals surface area contributed by atoms with Crippen molar-refractivity contribution >= 4 is 22.7 Å². The predicted molar refractivity (Wildman–Crippen MR) is 112 cm³/mol. The molecule has 1 aliphatic rings. The Morgan fingerprint density at radius 1 is 0.967 bits per heavy atom. The molecule has 4 aromatic rings. The van der Waals surface area contributed by atoms with Gasteiger partial charge in [0.25, 0.3) is 0 Å². The number of anilines is 2. The molecular weight excluding hydrogens is 382 g/mol. The molecule has 1 saturated heterocycles. The topological polar surface area (TPSA) is 105 Å². The highest BCUT2D eigenvalue weighted by Gasteiger charge is 2.42. The SMILES string of the molecule is C[C@H]1O[C@@H](n2cc(-c3ccccc3)c3c(Nc4ccccn4)ncnc32)[C@@H](O)[C@H]1O. The van der Waals surface area contributed by atoms with Crippen molar-refractivity contribution in [3.8, 4) is 11.1 Å². The Kier molecular flexibility index (Phi) is 4.66. The van der Waals surface area contributed by atoms with Gasteiger partial charge in [-0.1, -0.05) is 36.4 Å². The predicted octanol–water partition coefficient (Wildman–Crippen LogP) is 2.88. The summed E-state index contributed by atoms with van der Waals surface area (Å²) in [6, 6.07) is 15.5. The summed E-state index contributed by atoms with van der Waals surface area (Å²) in [5.41, 5.74) is 2.45. The number of fused-ring (bicyclic) bond motifs is 1. The van der Waals surface area contributed by atoms with Gasteiger partial charge in [-0.3, -0.25) is 0 Å². The number of aliphatic hydroxyl groups excluding tert-OH is 2. The van der Waals surface area contributed by atoms with E-state index >= 15 is 0 Å². The lowest BCUT2D eigenvalue weighted by Crippen LogP contribution is -2.30. The van der Waals surface area contributed by atoms with E-state index < -0.39 is 24.5 Å². The monoisotopic (exact) mass is 403 g/mol. The molecule has 0 aliphatic carbocycles. The third-order valence-corrected chi connectivity index (χ3v) is 5.36. The van der Waals surface area contributed by atoms with Crippen LogP contribution in [-0.2, 0) is 4.74 Å². The number of pyridine rings is 1. The van der Waals surface area contributed by atoms with Crippen LogP contribution in [0.3, 0.4) is 0 Å². The number of nitrogens with one attached hydrogen (secondary N) is 1. The zero-order valence-corrected chi connectivity index (χ0v) is 16.3. The molecular formula is C22H21N5O3. The number of ether oxygens (including phenoxy) is 1. The Morgan fingerprint density at radius 3 is 2.47 bits per heavy atom. The van der Waals surface area contributed by atoms with Crippen LogP contribution in [-0.4, -0.2) is 48.0 Å². The summed E-state index contributed by atoms with van der Waals surface area (Å²) in [7, 11) is 0. The van der Waals surface area contributed by atoms with Gasteiger partial charge in [-0.15, -0.1) is 0 Å². The van der Waals surface area contributed by atoms with Crippen LogP contribution < -0.4 is 5.32 Å². The van der Waals surface area contributed by atoms with E-state index in [0.717, 1.165) is 16.5 Å². The maximum atomic E-state index is 10.6. The van der Waals surface area contributed by atoms with Gasteiger partial charge in [-0.25, -0.2) is 15.0 Å². The summed E-state index contributed by atoms with van der Waals surface area (Å²) in [6.07, 6.45) is 1.76. The van der Waals surface area contributed by atoms with Gasteiger partial charge in [0.05, 0.1) is 11.5 Å². The number of aromatic nitrogens is 4. The van der Waals surface area contributed by atoms with E-state index in [9.17, 15) is 10.2 Å². The molecule has 5 rings (SSSR count). The van der Waals surface area contributed by atoms with Gasteiger partial charge in [-0.05, 0) is 24.6 Å². The highest BCUT2D eigenvalue weighted by atomic mass is 16.6. The molecule has 0 amide bonds. The average molecular weight is 403 g/mol. The van der Waals surface area contributed by atoms with Crippen molar-refractivity contribution in [1.29, 1.82) is 0 Å². The van der Waals surface area contributed by atoms with Crippen molar-refractivity contribution in [1.82, 2.24) is 19.5 Å². The fourth-order valence-corrected chi connectivity index (χ4v) is 3.83. The van der Waals surface area contributed by atoms with Gasteiger partial charge >= 0.3 is 0 Å². The number of hydrogen-bond donors (Lipinski definition) is 3. The molecule has 0 bridgehead atoms. The molecule has 3 aromatic heterocycles. The first kappa shape index (κ1) is 18.7. The van der Waals surface area contributed by atoms with E-state index in [4.69, 9.17) is 4.74 Å². The molecule has 4 heterocycles. The van der Waals surface area contributed by atoms with E-state index in [1.165, 1.54) is 6.33 Å². The Balaban J connectivity index is 1.70. The minimum absolute atomic E-state index is 0.490. The molecule has 8 nitrogen and oxygen atoms in total. The van der Waals surface area contributed by atoms with Gasteiger partial charge in [0, 0.05) is 18.0 Å². The second-order valence-electron chi connectivity index (χ2n) is 7.29. The van der Waals surface area contributed by atoms with Crippen LogP contribution in [0.15, 0.2) is 67.3 Å². The highest BCUT2D eigenvalue weighted by Crippen LogP contribution is 2.39. The molecule has 0 radical (unpaired) electrons. The van der Waals surface area contributed by atoms with E-state index in [0.29, 0.717) is 17.3 Å². The molecule has 0 saturated carbocycles.